The predicted octanol–water partition coefficient (Wildman–Crippen LogP) is -0.996. The Morgan fingerprint density at radius 2 is 1.74 bits per heavy atom. The molecule has 0 spiro atoms. The Kier molecular flexibility index (Phi) is 7.22. The molecule has 1 aliphatic rings. The average Bonchev–Trinajstić information content (AvgIpc) is 2.80. The van der Waals surface area contributed by atoms with Crippen molar-refractivity contribution in [1.29, 1.82) is 0 Å². The molecule has 0 radical (unpaired) electrons. The van der Waals surface area contributed by atoms with Gasteiger partial charge in [-0.3, -0.25) is 19.4 Å². The average molecular weight is 388 g/mol. The molecule has 1 fully saturated rings. The lowest BCUT2D eigenvalue weighted by Crippen LogP contribution is -2.38. The third kappa shape index (κ3) is 6.27. The Balaban J connectivity index is 1.90. The summed E-state index contributed by atoms with van der Waals surface area (Å²) in [6.07, 6.45) is -3.15. The van der Waals surface area contributed by atoms with Gasteiger partial charge in [-0.2, -0.15) is 0 Å². The van der Waals surface area contributed by atoms with Crippen molar-refractivity contribution in [2.45, 2.75) is 38.3 Å². The van der Waals surface area contributed by atoms with Gasteiger partial charge in [0.2, 0.25) is 18.2 Å². The van der Waals surface area contributed by atoms with E-state index in [0.29, 0.717) is 0 Å². The highest BCUT2D eigenvalue weighted by Gasteiger charge is 2.27. The quantitative estimate of drug-likeness (QED) is 0.649. The minimum absolute atomic E-state index is 0.0119. The SMILES string of the molecule is O=C(CCC(F)F)N1CCN(C(=O)CCn2ccc(=O)[nH]c2=O)CC(O)C1. The Labute approximate surface area is 153 Å². The molecule has 1 aromatic rings. The van der Waals surface area contributed by atoms with E-state index in [-0.39, 0.29) is 51.5 Å². The summed E-state index contributed by atoms with van der Waals surface area (Å²) in [4.78, 5) is 51.7. The van der Waals surface area contributed by atoms with E-state index in [1.54, 1.807) is 0 Å². The fourth-order valence-corrected chi connectivity index (χ4v) is 2.83. The first-order chi connectivity index (χ1) is 12.8. The molecule has 150 valence electrons. The lowest BCUT2D eigenvalue weighted by atomic mass is 10.2. The molecule has 2 N–H and O–H groups in total. The first-order valence-corrected chi connectivity index (χ1v) is 8.58. The van der Waals surface area contributed by atoms with E-state index in [4.69, 9.17) is 0 Å². The van der Waals surface area contributed by atoms with Crippen LogP contribution in [0.1, 0.15) is 19.3 Å². The van der Waals surface area contributed by atoms with Gasteiger partial charge in [0.1, 0.15) is 0 Å². The van der Waals surface area contributed by atoms with Crippen LogP contribution < -0.4 is 11.2 Å². The molecule has 2 amide bonds. The second-order valence-electron chi connectivity index (χ2n) is 6.32. The maximum absolute atomic E-state index is 12.4. The van der Waals surface area contributed by atoms with Gasteiger partial charge in [0, 0.05) is 64.2 Å². The van der Waals surface area contributed by atoms with Crippen molar-refractivity contribution in [1.82, 2.24) is 19.4 Å². The molecule has 27 heavy (non-hydrogen) atoms. The molecule has 2 rings (SSSR count). The van der Waals surface area contributed by atoms with Crippen LogP contribution in [0.15, 0.2) is 21.9 Å². The zero-order valence-corrected chi connectivity index (χ0v) is 14.6. The maximum atomic E-state index is 12.4. The highest BCUT2D eigenvalue weighted by atomic mass is 19.3. The summed E-state index contributed by atoms with van der Waals surface area (Å²) in [5, 5.41) is 10.0. The summed E-state index contributed by atoms with van der Waals surface area (Å²) in [7, 11) is 0. The van der Waals surface area contributed by atoms with Gasteiger partial charge in [-0.15, -0.1) is 0 Å². The van der Waals surface area contributed by atoms with Crippen LogP contribution in [-0.4, -0.2) is 75.0 Å². The summed E-state index contributed by atoms with van der Waals surface area (Å²) in [5.74, 6) is -0.808. The molecule has 1 saturated heterocycles. The zero-order chi connectivity index (χ0) is 20.0. The monoisotopic (exact) mass is 388 g/mol. The van der Waals surface area contributed by atoms with E-state index in [0.717, 1.165) is 0 Å². The van der Waals surface area contributed by atoms with E-state index >= 15 is 0 Å². The first kappa shape index (κ1) is 20.7. The number of aromatic nitrogens is 2. The number of nitrogens with one attached hydrogen (secondary N) is 1. The van der Waals surface area contributed by atoms with Crippen LogP contribution in [0.3, 0.4) is 0 Å². The Bertz CT molecular complexity index is 779. The fourth-order valence-electron chi connectivity index (χ4n) is 2.83. The van der Waals surface area contributed by atoms with Crippen molar-refractivity contribution >= 4 is 11.8 Å². The molecule has 1 aliphatic heterocycles. The number of hydrogen-bond acceptors (Lipinski definition) is 5. The van der Waals surface area contributed by atoms with Crippen molar-refractivity contribution < 1.29 is 23.5 Å². The summed E-state index contributed by atoms with van der Waals surface area (Å²) < 4.78 is 25.7. The number of carbonyl (C=O) groups excluding carboxylic acids is 2. The topological polar surface area (TPSA) is 116 Å². The lowest BCUT2D eigenvalue weighted by molar-refractivity contribution is -0.134. The molecular formula is C16H22F2N4O5. The molecule has 0 saturated carbocycles. The van der Waals surface area contributed by atoms with Crippen molar-refractivity contribution in [3.05, 3.63) is 33.1 Å². The number of rotatable bonds is 6. The van der Waals surface area contributed by atoms with Gasteiger partial charge < -0.3 is 19.5 Å². The summed E-state index contributed by atoms with van der Waals surface area (Å²) in [6, 6.07) is 1.17. The maximum Gasteiger partial charge on any atom is 0.328 e. The van der Waals surface area contributed by atoms with Gasteiger partial charge in [-0.25, -0.2) is 13.6 Å². The van der Waals surface area contributed by atoms with E-state index in [1.165, 1.54) is 26.6 Å². The molecule has 1 atom stereocenters. The van der Waals surface area contributed by atoms with Gasteiger partial charge in [-0.05, 0) is 0 Å². The van der Waals surface area contributed by atoms with Gasteiger partial charge >= 0.3 is 5.69 Å². The minimum atomic E-state index is -2.57. The number of aliphatic hydroxyl groups is 1. The zero-order valence-electron chi connectivity index (χ0n) is 14.6. The van der Waals surface area contributed by atoms with Crippen LogP contribution in [0.2, 0.25) is 0 Å². The third-order valence-electron chi connectivity index (χ3n) is 4.25. The van der Waals surface area contributed by atoms with Gasteiger partial charge in [0.05, 0.1) is 6.10 Å². The number of β-amino-alcohol motifs (C(OH)–C–C–N with tert-alkyl or cyclic N) is 1. The van der Waals surface area contributed by atoms with Gasteiger partial charge in [0.25, 0.3) is 5.56 Å². The van der Waals surface area contributed by atoms with Crippen molar-refractivity contribution in [3.8, 4) is 0 Å². The molecule has 9 nitrogen and oxygen atoms in total. The van der Waals surface area contributed by atoms with Crippen molar-refractivity contribution in [2.75, 3.05) is 26.2 Å². The molecule has 11 heteroatoms. The smallest absolute Gasteiger partial charge is 0.328 e. The molecule has 2 heterocycles. The number of alkyl halides is 2. The minimum Gasteiger partial charge on any atom is -0.389 e. The summed E-state index contributed by atoms with van der Waals surface area (Å²) in [6.45, 7) is 0.349. The Hall–Kier alpha value is -2.56. The molecule has 0 aliphatic carbocycles. The number of hydrogen-bond donors (Lipinski definition) is 2. The summed E-state index contributed by atoms with van der Waals surface area (Å²) >= 11 is 0. The molecule has 1 aromatic heterocycles. The van der Waals surface area contributed by atoms with Crippen LogP contribution in [0, 0.1) is 0 Å². The molecule has 0 aromatic carbocycles. The number of carbonyl (C=O) groups is 2. The highest BCUT2D eigenvalue weighted by molar-refractivity contribution is 5.78. The number of aryl methyl sites for hydroxylation is 1. The highest BCUT2D eigenvalue weighted by Crippen LogP contribution is 2.10. The largest absolute Gasteiger partial charge is 0.389 e. The van der Waals surface area contributed by atoms with Crippen molar-refractivity contribution in [3.63, 3.8) is 0 Å². The van der Waals surface area contributed by atoms with E-state index in [9.17, 15) is 33.1 Å². The molecular weight excluding hydrogens is 366 g/mol. The lowest BCUT2D eigenvalue weighted by Gasteiger charge is -2.22. The second-order valence-corrected chi connectivity index (χ2v) is 6.32. The number of halogens is 2. The van der Waals surface area contributed by atoms with E-state index < -0.39 is 36.1 Å². The second kappa shape index (κ2) is 9.40. The Morgan fingerprint density at radius 3 is 2.30 bits per heavy atom. The standard InChI is InChI=1S/C16H22F2N4O5/c17-12(18)1-2-14(25)21-7-8-22(10-11(23)9-21)15(26)4-6-20-5-3-13(24)19-16(20)27/h3,5,11-12,23H,1-2,4,6-10H2,(H,19,24,27). The molecule has 1 unspecified atom stereocenters. The van der Waals surface area contributed by atoms with Crippen LogP contribution >= 0.6 is 0 Å². The number of aromatic amines is 1. The first-order valence-electron chi connectivity index (χ1n) is 8.58. The normalized spacial score (nSPS) is 17.9. The fraction of sp³-hybridized carbons (Fsp3) is 0.625. The van der Waals surface area contributed by atoms with Crippen molar-refractivity contribution in [2.24, 2.45) is 0 Å². The van der Waals surface area contributed by atoms with Gasteiger partial charge in [-0.1, -0.05) is 0 Å². The van der Waals surface area contributed by atoms with Crippen LogP contribution in [0.25, 0.3) is 0 Å². The van der Waals surface area contributed by atoms with Crippen LogP contribution in [0.5, 0.6) is 0 Å². The molecule has 0 bridgehead atoms. The van der Waals surface area contributed by atoms with Gasteiger partial charge in [0.15, 0.2) is 0 Å². The van der Waals surface area contributed by atoms with Crippen LogP contribution in [-0.2, 0) is 16.1 Å². The Morgan fingerprint density at radius 1 is 1.15 bits per heavy atom. The number of H-pyrrole nitrogens is 1. The van der Waals surface area contributed by atoms with Crippen LogP contribution in [0.4, 0.5) is 8.78 Å². The number of aliphatic hydroxyl groups excluding tert-OH is 1. The van der Waals surface area contributed by atoms with E-state index in [1.807, 2.05) is 0 Å². The number of nitrogens with zero attached hydrogens (tertiary/aromatic N) is 3. The third-order valence-corrected chi connectivity index (χ3v) is 4.25. The predicted molar refractivity (Wildman–Crippen MR) is 90.3 cm³/mol. The number of amides is 2. The summed E-state index contributed by atoms with van der Waals surface area (Å²) in [5.41, 5.74) is -1.16. The van der Waals surface area contributed by atoms with E-state index in [2.05, 4.69) is 4.98 Å².